The smallest absolute Gasteiger partial charge is 0.255 e. The van der Waals surface area contributed by atoms with Crippen molar-refractivity contribution >= 4 is 28.5 Å². The van der Waals surface area contributed by atoms with E-state index >= 15 is 0 Å². The number of carbonyl (C=O) groups excluding carboxylic acids is 1. The van der Waals surface area contributed by atoms with E-state index in [2.05, 4.69) is 5.32 Å². The minimum Gasteiger partial charge on any atom is -0.464 e. The lowest BCUT2D eigenvalue weighted by Gasteiger charge is -2.07. The minimum atomic E-state index is -0.626. The summed E-state index contributed by atoms with van der Waals surface area (Å²) in [5.74, 6) is -1.14. The average Bonchev–Trinajstić information content (AvgIpc) is 2.91. The number of hydrogen-bond donors (Lipinski definition) is 1. The molecule has 1 aromatic heterocycles. The van der Waals surface area contributed by atoms with Gasteiger partial charge < -0.3 is 9.73 Å². The van der Waals surface area contributed by atoms with Crippen LogP contribution in [0.15, 0.2) is 53.1 Å². The van der Waals surface area contributed by atoms with Crippen molar-refractivity contribution in [3.63, 3.8) is 0 Å². The topological polar surface area (TPSA) is 42.2 Å². The zero-order valence-corrected chi connectivity index (χ0v) is 12.4. The summed E-state index contributed by atoms with van der Waals surface area (Å²) in [5.41, 5.74) is 1.68. The van der Waals surface area contributed by atoms with E-state index in [0.717, 1.165) is 16.5 Å². The summed E-state index contributed by atoms with van der Waals surface area (Å²) in [6.45, 7) is 0.368. The highest BCUT2D eigenvalue weighted by atomic mass is 35.5. The Bertz CT molecular complexity index is 808. The van der Waals surface area contributed by atoms with E-state index in [0.29, 0.717) is 13.0 Å². The van der Waals surface area contributed by atoms with Crippen molar-refractivity contribution in [2.45, 2.75) is 6.42 Å². The van der Waals surface area contributed by atoms with E-state index in [9.17, 15) is 9.18 Å². The van der Waals surface area contributed by atoms with E-state index in [1.54, 1.807) is 6.26 Å². The van der Waals surface area contributed by atoms with Gasteiger partial charge >= 0.3 is 0 Å². The van der Waals surface area contributed by atoms with Crippen molar-refractivity contribution in [3.8, 4) is 0 Å². The predicted octanol–water partition coefficient (Wildman–Crippen LogP) is 4.20. The summed E-state index contributed by atoms with van der Waals surface area (Å²) in [5, 5.41) is 3.80. The Balaban J connectivity index is 1.67. The van der Waals surface area contributed by atoms with Crippen LogP contribution in [0.2, 0.25) is 5.02 Å². The number of carbonyl (C=O) groups is 1. The summed E-state index contributed by atoms with van der Waals surface area (Å²) in [6.07, 6.45) is 2.27. The highest BCUT2D eigenvalue weighted by Crippen LogP contribution is 2.21. The molecule has 0 unspecified atom stereocenters. The molecule has 5 heteroatoms. The second-order valence-corrected chi connectivity index (χ2v) is 5.27. The Morgan fingerprint density at radius 3 is 2.82 bits per heavy atom. The van der Waals surface area contributed by atoms with Crippen LogP contribution in [0, 0.1) is 5.82 Å². The predicted molar refractivity (Wildman–Crippen MR) is 83.7 cm³/mol. The van der Waals surface area contributed by atoms with E-state index < -0.39 is 11.7 Å². The van der Waals surface area contributed by atoms with Crippen molar-refractivity contribution in [1.29, 1.82) is 0 Å². The SMILES string of the molecule is O=C(NCCc1coc2ccccc12)c1c(F)cccc1Cl. The molecule has 0 atom stereocenters. The number of benzene rings is 2. The largest absolute Gasteiger partial charge is 0.464 e. The molecule has 0 spiro atoms. The van der Waals surface area contributed by atoms with Crippen LogP contribution in [0.1, 0.15) is 15.9 Å². The van der Waals surface area contributed by atoms with Gasteiger partial charge in [0.25, 0.3) is 5.91 Å². The Morgan fingerprint density at radius 1 is 1.18 bits per heavy atom. The lowest BCUT2D eigenvalue weighted by atomic mass is 10.1. The zero-order chi connectivity index (χ0) is 15.5. The van der Waals surface area contributed by atoms with Gasteiger partial charge in [0.1, 0.15) is 11.4 Å². The maximum Gasteiger partial charge on any atom is 0.255 e. The first-order valence-electron chi connectivity index (χ1n) is 6.84. The van der Waals surface area contributed by atoms with Crippen LogP contribution in [-0.2, 0) is 6.42 Å². The molecule has 0 bridgehead atoms. The Hall–Kier alpha value is -2.33. The molecule has 1 amide bonds. The van der Waals surface area contributed by atoms with Crippen molar-refractivity contribution < 1.29 is 13.6 Å². The first-order chi connectivity index (χ1) is 10.7. The molecule has 1 N–H and O–H groups in total. The number of fused-ring (bicyclic) bond motifs is 1. The van der Waals surface area contributed by atoms with E-state index in [1.165, 1.54) is 18.2 Å². The Labute approximate surface area is 131 Å². The average molecular weight is 318 g/mol. The quantitative estimate of drug-likeness (QED) is 0.783. The number of nitrogens with one attached hydrogen (secondary N) is 1. The van der Waals surface area contributed by atoms with Gasteiger partial charge in [0.2, 0.25) is 0 Å². The minimum absolute atomic E-state index is 0.103. The molecule has 22 heavy (non-hydrogen) atoms. The molecule has 0 radical (unpaired) electrons. The fourth-order valence-corrected chi connectivity index (χ4v) is 2.59. The lowest BCUT2D eigenvalue weighted by Crippen LogP contribution is -2.26. The number of para-hydroxylation sites is 1. The number of rotatable bonds is 4. The fourth-order valence-electron chi connectivity index (χ4n) is 2.34. The van der Waals surface area contributed by atoms with Crippen LogP contribution < -0.4 is 5.32 Å². The van der Waals surface area contributed by atoms with Crippen molar-refractivity contribution in [2.24, 2.45) is 0 Å². The molecule has 0 aliphatic heterocycles. The molecule has 3 rings (SSSR count). The molecular formula is C17H13ClFNO2. The third-order valence-electron chi connectivity index (χ3n) is 3.43. The lowest BCUT2D eigenvalue weighted by molar-refractivity contribution is 0.0950. The molecular weight excluding hydrogens is 305 g/mol. The summed E-state index contributed by atoms with van der Waals surface area (Å²) >= 11 is 5.87. The molecule has 112 valence electrons. The van der Waals surface area contributed by atoms with Crippen LogP contribution in [0.25, 0.3) is 11.0 Å². The third kappa shape index (κ3) is 2.83. The number of amides is 1. The Kier molecular flexibility index (Phi) is 4.11. The molecule has 0 saturated carbocycles. The molecule has 1 heterocycles. The first kappa shape index (κ1) is 14.6. The standard InChI is InChI=1S/C17H13ClFNO2/c18-13-5-3-6-14(19)16(13)17(21)20-9-8-11-10-22-15-7-2-1-4-12(11)15/h1-7,10H,8-9H2,(H,20,21). The summed E-state index contributed by atoms with van der Waals surface area (Å²) in [7, 11) is 0. The van der Waals surface area contributed by atoms with Gasteiger partial charge in [-0.2, -0.15) is 0 Å². The monoisotopic (exact) mass is 317 g/mol. The normalized spacial score (nSPS) is 10.8. The van der Waals surface area contributed by atoms with Gasteiger partial charge in [0, 0.05) is 11.9 Å². The summed E-state index contributed by atoms with van der Waals surface area (Å²) < 4.78 is 19.1. The van der Waals surface area contributed by atoms with Gasteiger partial charge in [-0.3, -0.25) is 4.79 Å². The van der Waals surface area contributed by atoms with Gasteiger partial charge in [-0.25, -0.2) is 4.39 Å². The van der Waals surface area contributed by atoms with Gasteiger partial charge in [0.05, 0.1) is 16.8 Å². The van der Waals surface area contributed by atoms with Crippen LogP contribution in [0.5, 0.6) is 0 Å². The van der Waals surface area contributed by atoms with Crippen molar-refractivity contribution in [3.05, 3.63) is 70.7 Å². The maximum atomic E-state index is 13.6. The zero-order valence-electron chi connectivity index (χ0n) is 11.6. The van der Waals surface area contributed by atoms with Gasteiger partial charge in [-0.15, -0.1) is 0 Å². The van der Waals surface area contributed by atoms with Crippen LogP contribution in [0.4, 0.5) is 4.39 Å². The third-order valence-corrected chi connectivity index (χ3v) is 3.75. The molecule has 0 saturated heterocycles. The van der Waals surface area contributed by atoms with E-state index in [-0.39, 0.29) is 10.6 Å². The highest BCUT2D eigenvalue weighted by Gasteiger charge is 2.15. The first-order valence-corrected chi connectivity index (χ1v) is 7.22. The highest BCUT2D eigenvalue weighted by molar-refractivity contribution is 6.33. The summed E-state index contributed by atoms with van der Waals surface area (Å²) in [4.78, 5) is 12.0. The second kappa shape index (κ2) is 6.20. The maximum absolute atomic E-state index is 13.6. The van der Waals surface area contributed by atoms with Gasteiger partial charge in [-0.05, 0) is 30.2 Å². The molecule has 2 aromatic carbocycles. The molecule has 0 fully saturated rings. The second-order valence-electron chi connectivity index (χ2n) is 4.86. The molecule has 0 aliphatic rings. The number of hydrogen-bond acceptors (Lipinski definition) is 2. The van der Waals surface area contributed by atoms with E-state index in [4.69, 9.17) is 16.0 Å². The molecule has 3 aromatic rings. The van der Waals surface area contributed by atoms with Gasteiger partial charge in [0.15, 0.2) is 0 Å². The number of furan rings is 1. The Morgan fingerprint density at radius 2 is 2.00 bits per heavy atom. The fraction of sp³-hybridized carbons (Fsp3) is 0.118. The van der Waals surface area contributed by atoms with Crippen LogP contribution in [0.3, 0.4) is 0 Å². The summed E-state index contributed by atoms with van der Waals surface area (Å²) in [6, 6.07) is 11.8. The van der Waals surface area contributed by atoms with Crippen LogP contribution in [-0.4, -0.2) is 12.5 Å². The van der Waals surface area contributed by atoms with Crippen molar-refractivity contribution in [2.75, 3.05) is 6.54 Å². The number of halogens is 2. The van der Waals surface area contributed by atoms with Gasteiger partial charge in [-0.1, -0.05) is 35.9 Å². The van der Waals surface area contributed by atoms with E-state index in [1.807, 2.05) is 24.3 Å². The van der Waals surface area contributed by atoms with Crippen molar-refractivity contribution in [1.82, 2.24) is 5.32 Å². The molecule has 3 nitrogen and oxygen atoms in total. The molecule has 0 aliphatic carbocycles. The van der Waals surface area contributed by atoms with Crippen LogP contribution >= 0.6 is 11.6 Å².